The molecule has 6 nitrogen and oxygen atoms in total. The van der Waals surface area contributed by atoms with Crippen LogP contribution >= 0.6 is 0 Å². The zero-order valence-corrected chi connectivity index (χ0v) is 12.5. The Balaban J connectivity index is 2.04. The van der Waals surface area contributed by atoms with Crippen LogP contribution in [-0.4, -0.2) is 33.5 Å². The number of hydrogen-bond donors (Lipinski definition) is 1. The number of likely N-dealkylation sites (tertiary alicyclic amines) is 1. The van der Waals surface area contributed by atoms with Gasteiger partial charge in [-0.3, -0.25) is 4.79 Å². The third kappa shape index (κ3) is 3.36. The molecular formula is C14H24N4O2. The van der Waals surface area contributed by atoms with Crippen molar-refractivity contribution < 1.29 is 9.32 Å². The Kier molecular flexibility index (Phi) is 4.75. The lowest BCUT2D eigenvalue weighted by atomic mass is 10.1. The van der Waals surface area contributed by atoms with E-state index in [0.29, 0.717) is 24.6 Å². The third-order valence-electron chi connectivity index (χ3n) is 3.64. The van der Waals surface area contributed by atoms with Gasteiger partial charge in [-0.15, -0.1) is 0 Å². The summed E-state index contributed by atoms with van der Waals surface area (Å²) in [6.45, 7) is 6.71. The quantitative estimate of drug-likeness (QED) is 0.891. The standard InChI is InChI=1S/C14H24N4O2/c1-9(2)14-16-13(17-20-14)11-5-4-8-18(11)12(19)7-6-10(3)15/h9-11H,4-8,15H2,1-3H3. The van der Waals surface area contributed by atoms with Gasteiger partial charge in [-0.05, 0) is 26.2 Å². The van der Waals surface area contributed by atoms with Gasteiger partial charge in [-0.25, -0.2) is 0 Å². The van der Waals surface area contributed by atoms with Crippen molar-refractivity contribution in [2.75, 3.05) is 6.54 Å². The lowest BCUT2D eigenvalue weighted by molar-refractivity contribution is -0.132. The number of carbonyl (C=O) groups excluding carboxylic acids is 1. The van der Waals surface area contributed by atoms with Crippen molar-refractivity contribution in [3.05, 3.63) is 11.7 Å². The summed E-state index contributed by atoms with van der Waals surface area (Å²) in [4.78, 5) is 18.6. The van der Waals surface area contributed by atoms with Crippen molar-refractivity contribution in [1.29, 1.82) is 0 Å². The summed E-state index contributed by atoms with van der Waals surface area (Å²) in [6.07, 6.45) is 3.09. The molecule has 1 aliphatic heterocycles. The molecule has 0 bridgehead atoms. The van der Waals surface area contributed by atoms with Gasteiger partial charge in [0.1, 0.15) is 0 Å². The van der Waals surface area contributed by atoms with Gasteiger partial charge >= 0.3 is 0 Å². The van der Waals surface area contributed by atoms with Crippen LogP contribution in [0.4, 0.5) is 0 Å². The summed E-state index contributed by atoms with van der Waals surface area (Å²) in [7, 11) is 0. The molecule has 1 fully saturated rings. The number of rotatable bonds is 5. The molecule has 0 aromatic carbocycles. The molecule has 2 N–H and O–H groups in total. The second-order valence-corrected chi connectivity index (χ2v) is 5.91. The smallest absolute Gasteiger partial charge is 0.229 e. The molecule has 1 aliphatic rings. The van der Waals surface area contributed by atoms with E-state index in [1.807, 2.05) is 25.7 Å². The molecule has 20 heavy (non-hydrogen) atoms. The van der Waals surface area contributed by atoms with E-state index >= 15 is 0 Å². The minimum atomic E-state index is -0.0353. The fraction of sp³-hybridized carbons (Fsp3) is 0.786. The van der Waals surface area contributed by atoms with Gasteiger partial charge < -0.3 is 15.2 Å². The molecule has 2 atom stereocenters. The van der Waals surface area contributed by atoms with E-state index in [-0.39, 0.29) is 23.9 Å². The number of aromatic nitrogens is 2. The number of amides is 1. The molecule has 2 unspecified atom stereocenters. The normalized spacial score (nSPS) is 20.6. The van der Waals surface area contributed by atoms with Crippen molar-refractivity contribution in [2.24, 2.45) is 5.73 Å². The van der Waals surface area contributed by atoms with E-state index in [1.54, 1.807) is 0 Å². The highest BCUT2D eigenvalue weighted by Crippen LogP contribution is 2.31. The second kappa shape index (κ2) is 6.35. The minimum Gasteiger partial charge on any atom is -0.339 e. The zero-order chi connectivity index (χ0) is 14.7. The van der Waals surface area contributed by atoms with E-state index < -0.39 is 0 Å². The Hall–Kier alpha value is -1.43. The first-order valence-corrected chi connectivity index (χ1v) is 7.37. The summed E-state index contributed by atoms with van der Waals surface area (Å²) in [5, 5.41) is 4.04. The third-order valence-corrected chi connectivity index (χ3v) is 3.64. The fourth-order valence-corrected chi connectivity index (χ4v) is 2.45. The van der Waals surface area contributed by atoms with Crippen LogP contribution in [-0.2, 0) is 4.79 Å². The van der Waals surface area contributed by atoms with Gasteiger partial charge in [0.25, 0.3) is 0 Å². The van der Waals surface area contributed by atoms with Gasteiger partial charge in [-0.1, -0.05) is 19.0 Å². The molecule has 1 aromatic heterocycles. The first-order valence-electron chi connectivity index (χ1n) is 7.37. The highest BCUT2D eigenvalue weighted by Gasteiger charge is 2.33. The Morgan fingerprint density at radius 1 is 1.50 bits per heavy atom. The summed E-state index contributed by atoms with van der Waals surface area (Å²) < 4.78 is 5.25. The lowest BCUT2D eigenvalue weighted by Gasteiger charge is -2.22. The van der Waals surface area contributed by atoms with Crippen LogP contribution in [0.3, 0.4) is 0 Å². The molecular weight excluding hydrogens is 256 g/mol. The molecule has 112 valence electrons. The maximum Gasteiger partial charge on any atom is 0.229 e. The predicted octanol–water partition coefficient (Wildman–Crippen LogP) is 1.98. The van der Waals surface area contributed by atoms with Crippen molar-refractivity contribution in [3.8, 4) is 0 Å². The van der Waals surface area contributed by atoms with Crippen LogP contribution in [0.5, 0.6) is 0 Å². The second-order valence-electron chi connectivity index (χ2n) is 5.91. The molecule has 1 aromatic rings. The molecule has 0 radical (unpaired) electrons. The number of carbonyl (C=O) groups is 1. The average Bonchev–Trinajstić information content (AvgIpc) is 3.03. The van der Waals surface area contributed by atoms with E-state index in [1.165, 1.54) is 0 Å². The van der Waals surface area contributed by atoms with E-state index in [0.717, 1.165) is 19.4 Å². The molecule has 6 heteroatoms. The van der Waals surface area contributed by atoms with Gasteiger partial charge in [0, 0.05) is 24.9 Å². The first-order chi connectivity index (χ1) is 9.49. The summed E-state index contributed by atoms with van der Waals surface area (Å²) in [5.41, 5.74) is 5.71. The Labute approximate surface area is 119 Å². The number of nitrogens with two attached hydrogens (primary N) is 1. The van der Waals surface area contributed by atoms with Crippen LogP contribution in [0.1, 0.15) is 70.1 Å². The first kappa shape index (κ1) is 15.0. The molecule has 1 amide bonds. The Bertz CT molecular complexity index is 456. The average molecular weight is 280 g/mol. The van der Waals surface area contributed by atoms with Crippen LogP contribution in [0.15, 0.2) is 4.52 Å². The maximum atomic E-state index is 12.3. The molecule has 2 heterocycles. The molecule has 0 spiro atoms. The fourth-order valence-electron chi connectivity index (χ4n) is 2.45. The topological polar surface area (TPSA) is 85.3 Å². The lowest BCUT2D eigenvalue weighted by Crippen LogP contribution is -2.32. The van der Waals surface area contributed by atoms with Gasteiger partial charge in [0.05, 0.1) is 6.04 Å². The highest BCUT2D eigenvalue weighted by atomic mass is 16.5. The summed E-state index contributed by atoms with van der Waals surface area (Å²) >= 11 is 0. The largest absolute Gasteiger partial charge is 0.339 e. The van der Waals surface area contributed by atoms with Crippen LogP contribution < -0.4 is 5.73 Å². The molecule has 2 rings (SSSR count). The number of nitrogens with zero attached hydrogens (tertiary/aromatic N) is 3. The van der Waals surface area contributed by atoms with Crippen molar-refractivity contribution in [1.82, 2.24) is 15.0 Å². The maximum absolute atomic E-state index is 12.3. The summed E-state index contributed by atoms with van der Waals surface area (Å²) in [6, 6.07) is 0.0181. The SMILES string of the molecule is CC(N)CCC(=O)N1CCCC1c1noc(C(C)C)n1. The van der Waals surface area contributed by atoms with Gasteiger partial charge in [0.2, 0.25) is 11.8 Å². The minimum absolute atomic E-state index is 0.0353. The summed E-state index contributed by atoms with van der Waals surface area (Å²) in [5.74, 6) is 1.62. The van der Waals surface area contributed by atoms with E-state index in [2.05, 4.69) is 10.1 Å². The highest BCUT2D eigenvalue weighted by molar-refractivity contribution is 5.76. The molecule has 0 saturated carbocycles. The van der Waals surface area contributed by atoms with Crippen LogP contribution in [0.25, 0.3) is 0 Å². The van der Waals surface area contributed by atoms with Crippen molar-refractivity contribution in [3.63, 3.8) is 0 Å². The Morgan fingerprint density at radius 2 is 2.25 bits per heavy atom. The van der Waals surface area contributed by atoms with Crippen LogP contribution in [0, 0.1) is 0 Å². The van der Waals surface area contributed by atoms with E-state index in [4.69, 9.17) is 10.3 Å². The van der Waals surface area contributed by atoms with Crippen molar-refractivity contribution in [2.45, 2.75) is 64.5 Å². The predicted molar refractivity (Wildman–Crippen MR) is 75.0 cm³/mol. The van der Waals surface area contributed by atoms with Crippen LogP contribution in [0.2, 0.25) is 0 Å². The molecule has 1 saturated heterocycles. The Morgan fingerprint density at radius 3 is 2.85 bits per heavy atom. The van der Waals surface area contributed by atoms with Gasteiger partial charge in [0.15, 0.2) is 5.82 Å². The zero-order valence-electron chi connectivity index (χ0n) is 12.5. The number of hydrogen-bond acceptors (Lipinski definition) is 5. The molecule has 0 aliphatic carbocycles. The van der Waals surface area contributed by atoms with E-state index in [9.17, 15) is 4.79 Å². The van der Waals surface area contributed by atoms with Gasteiger partial charge in [-0.2, -0.15) is 4.98 Å². The monoisotopic (exact) mass is 280 g/mol. The van der Waals surface area contributed by atoms with Crippen molar-refractivity contribution >= 4 is 5.91 Å².